The number of hydrogen-bond acceptors (Lipinski definition) is 6. The predicted molar refractivity (Wildman–Crippen MR) is 106 cm³/mol. The zero-order chi connectivity index (χ0) is 20.1. The summed E-state index contributed by atoms with van der Waals surface area (Å²) in [6.45, 7) is 6.87. The molecule has 1 unspecified atom stereocenters. The Morgan fingerprint density at radius 2 is 2.18 bits per heavy atom. The lowest BCUT2D eigenvalue weighted by molar-refractivity contribution is 0.139. The summed E-state index contributed by atoms with van der Waals surface area (Å²) in [6.07, 6.45) is 3.21. The third-order valence-electron chi connectivity index (χ3n) is 4.17. The Bertz CT molecular complexity index is 928. The Balaban J connectivity index is 0.00000109. The number of benzene rings is 1. The average molecular weight is 403 g/mol. The molecule has 1 aliphatic rings. The van der Waals surface area contributed by atoms with E-state index in [9.17, 15) is 9.18 Å². The van der Waals surface area contributed by atoms with Gasteiger partial charge in [-0.05, 0) is 24.6 Å². The monoisotopic (exact) mass is 403 g/mol. The minimum Gasteiger partial charge on any atom is -0.444 e. The van der Waals surface area contributed by atoms with Crippen LogP contribution >= 0.6 is 11.3 Å². The second-order valence-corrected chi connectivity index (χ2v) is 6.78. The Morgan fingerprint density at radius 3 is 2.82 bits per heavy atom. The van der Waals surface area contributed by atoms with Gasteiger partial charge in [-0.15, -0.1) is 11.3 Å². The fourth-order valence-corrected chi connectivity index (χ4v) is 3.61. The van der Waals surface area contributed by atoms with Crippen molar-refractivity contribution in [3.05, 3.63) is 47.7 Å². The maximum absolute atomic E-state index is 14.6. The van der Waals surface area contributed by atoms with Gasteiger partial charge in [0.25, 0.3) is 0 Å². The molecule has 3 aromatic rings. The minimum absolute atomic E-state index is 0.149. The summed E-state index contributed by atoms with van der Waals surface area (Å²) < 4.78 is 21.5. The second kappa shape index (κ2) is 8.92. The van der Waals surface area contributed by atoms with E-state index in [1.54, 1.807) is 23.1 Å². The topological polar surface area (TPSA) is 73.1 Å². The summed E-state index contributed by atoms with van der Waals surface area (Å²) in [4.78, 5) is 21.7. The van der Waals surface area contributed by atoms with Crippen LogP contribution in [0.3, 0.4) is 0 Å². The molecule has 2 aromatic heterocycles. The van der Waals surface area contributed by atoms with Crippen molar-refractivity contribution >= 4 is 23.1 Å². The Kier molecular flexibility index (Phi) is 6.35. The smallest absolute Gasteiger partial charge is 0.414 e. The maximum Gasteiger partial charge on any atom is 0.414 e. The van der Waals surface area contributed by atoms with Gasteiger partial charge in [-0.3, -0.25) is 4.90 Å². The van der Waals surface area contributed by atoms with Gasteiger partial charge in [0.1, 0.15) is 29.6 Å². The molecule has 1 amide bonds. The highest BCUT2D eigenvalue weighted by atomic mass is 32.1. The fraction of sp³-hybridized carbons (Fsp3) is 0.368. The zero-order valence-electron chi connectivity index (χ0n) is 16.0. The molecule has 28 heavy (non-hydrogen) atoms. The first kappa shape index (κ1) is 19.9. The molecule has 1 aliphatic heterocycles. The lowest BCUT2D eigenvalue weighted by Crippen LogP contribution is -2.24. The first-order valence-electron chi connectivity index (χ1n) is 9.19. The van der Waals surface area contributed by atoms with Crippen molar-refractivity contribution in [2.24, 2.45) is 0 Å². The highest BCUT2D eigenvalue weighted by Gasteiger charge is 2.31. The third-order valence-corrected chi connectivity index (χ3v) is 5.09. The quantitative estimate of drug-likeness (QED) is 0.633. The van der Waals surface area contributed by atoms with Gasteiger partial charge in [0.15, 0.2) is 0 Å². The van der Waals surface area contributed by atoms with Crippen LogP contribution in [0.2, 0.25) is 0 Å². The first-order valence-corrected chi connectivity index (χ1v) is 10.1. The van der Waals surface area contributed by atoms with Gasteiger partial charge in [0.05, 0.1) is 24.5 Å². The van der Waals surface area contributed by atoms with Crippen molar-refractivity contribution in [1.82, 2.24) is 19.7 Å². The summed E-state index contributed by atoms with van der Waals surface area (Å²) in [5.41, 5.74) is 1.68. The van der Waals surface area contributed by atoms with Crippen LogP contribution in [0.5, 0.6) is 0 Å². The minimum atomic E-state index is -0.437. The van der Waals surface area contributed by atoms with E-state index in [4.69, 9.17) is 4.74 Å². The van der Waals surface area contributed by atoms with Gasteiger partial charge in [0, 0.05) is 10.9 Å². The number of anilines is 1. The van der Waals surface area contributed by atoms with E-state index in [2.05, 4.69) is 15.1 Å². The summed E-state index contributed by atoms with van der Waals surface area (Å²) in [5, 5.41) is 6.49. The highest BCUT2D eigenvalue weighted by Crippen LogP contribution is 2.31. The number of carbonyl (C=O) groups is 1. The number of ether oxygens (including phenoxy) is 1. The van der Waals surface area contributed by atoms with Gasteiger partial charge in [-0.2, -0.15) is 5.10 Å². The Morgan fingerprint density at radius 1 is 1.36 bits per heavy atom. The van der Waals surface area contributed by atoms with Crippen molar-refractivity contribution in [1.29, 1.82) is 0 Å². The molecule has 9 heteroatoms. The molecule has 1 saturated heterocycles. The number of aromatic nitrogens is 4. The van der Waals surface area contributed by atoms with Gasteiger partial charge in [-0.25, -0.2) is 23.8 Å². The lowest BCUT2D eigenvalue weighted by Gasteiger charge is -2.13. The van der Waals surface area contributed by atoms with Crippen molar-refractivity contribution in [2.75, 3.05) is 11.4 Å². The van der Waals surface area contributed by atoms with E-state index in [1.165, 1.54) is 28.6 Å². The van der Waals surface area contributed by atoms with Crippen LogP contribution < -0.4 is 4.90 Å². The number of halogens is 1. The van der Waals surface area contributed by atoms with Crippen LogP contribution in [0, 0.1) is 5.82 Å². The lowest BCUT2D eigenvalue weighted by atomic mass is 10.2. The van der Waals surface area contributed by atoms with Crippen LogP contribution in [0.1, 0.15) is 32.9 Å². The molecule has 0 aliphatic carbocycles. The normalized spacial score (nSPS) is 15.9. The Hall–Kier alpha value is -2.81. The number of cyclic esters (lactones) is 1. The van der Waals surface area contributed by atoms with Crippen molar-refractivity contribution < 1.29 is 13.9 Å². The number of rotatable bonds is 5. The molecule has 148 valence electrons. The largest absolute Gasteiger partial charge is 0.444 e. The van der Waals surface area contributed by atoms with Gasteiger partial charge < -0.3 is 4.74 Å². The van der Waals surface area contributed by atoms with E-state index in [0.717, 1.165) is 12.1 Å². The first-order chi connectivity index (χ1) is 13.6. The average Bonchev–Trinajstić information content (AvgIpc) is 3.45. The van der Waals surface area contributed by atoms with Crippen LogP contribution in [-0.2, 0) is 11.3 Å². The van der Waals surface area contributed by atoms with E-state index < -0.39 is 11.9 Å². The second-order valence-electron chi connectivity index (χ2n) is 5.93. The van der Waals surface area contributed by atoms with Crippen LogP contribution in [-0.4, -0.2) is 38.5 Å². The number of nitrogens with zero attached hydrogens (tertiary/aromatic N) is 5. The molecule has 1 aromatic carbocycles. The molecule has 0 spiro atoms. The van der Waals surface area contributed by atoms with Gasteiger partial charge in [0.2, 0.25) is 0 Å². The van der Waals surface area contributed by atoms with Crippen LogP contribution in [0.25, 0.3) is 10.6 Å². The SMILES string of the molecule is CC.CCC1CN(c2ccc(-c3nc(Cn4cncn4)cs3)c(F)c2)C(=O)O1. The number of thiazole rings is 1. The number of hydrogen-bond donors (Lipinski definition) is 0. The predicted octanol–water partition coefficient (Wildman–Crippen LogP) is 4.35. The molecule has 4 rings (SSSR count). The molecule has 1 atom stereocenters. The summed E-state index contributed by atoms with van der Waals surface area (Å²) in [6, 6.07) is 4.72. The Labute approximate surface area is 166 Å². The molecule has 0 radical (unpaired) electrons. The molecule has 3 heterocycles. The van der Waals surface area contributed by atoms with E-state index in [-0.39, 0.29) is 6.10 Å². The van der Waals surface area contributed by atoms with Crippen molar-refractivity contribution in [3.63, 3.8) is 0 Å². The standard InChI is InChI=1S/C17H16FN5O2S.C2H6/c1-2-13-7-23(17(24)25-13)12-3-4-14(15(18)5-12)16-21-11(8-26-16)6-22-10-19-9-20-22;1-2/h3-5,8-10,13H,2,6-7H2,1H3;1-2H3. The number of carbonyl (C=O) groups excluding carboxylic acids is 1. The van der Waals surface area contributed by atoms with Crippen molar-refractivity contribution in [3.8, 4) is 10.6 Å². The highest BCUT2D eigenvalue weighted by molar-refractivity contribution is 7.13. The molecule has 0 bridgehead atoms. The molecule has 7 nitrogen and oxygen atoms in total. The maximum atomic E-state index is 14.6. The van der Waals surface area contributed by atoms with Crippen molar-refractivity contribution in [2.45, 2.75) is 39.8 Å². The molecule has 0 saturated carbocycles. The zero-order valence-corrected chi connectivity index (χ0v) is 16.8. The number of amides is 1. The fourth-order valence-electron chi connectivity index (χ4n) is 2.77. The molecule has 0 N–H and O–H groups in total. The summed E-state index contributed by atoms with van der Waals surface area (Å²) in [7, 11) is 0. The summed E-state index contributed by atoms with van der Waals surface area (Å²) in [5.74, 6) is -0.420. The summed E-state index contributed by atoms with van der Waals surface area (Å²) >= 11 is 1.36. The van der Waals surface area contributed by atoms with E-state index in [0.29, 0.717) is 29.3 Å². The van der Waals surface area contributed by atoms with Gasteiger partial charge >= 0.3 is 6.09 Å². The van der Waals surface area contributed by atoms with Crippen LogP contribution in [0.4, 0.5) is 14.9 Å². The van der Waals surface area contributed by atoms with E-state index >= 15 is 0 Å². The van der Waals surface area contributed by atoms with E-state index in [1.807, 2.05) is 26.2 Å². The van der Waals surface area contributed by atoms with Crippen LogP contribution in [0.15, 0.2) is 36.2 Å². The molecular formula is C19H22FN5O2S. The molecular weight excluding hydrogens is 381 g/mol. The molecule has 1 fully saturated rings. The third kappa shape index (κ3) is 4.19. The van der Waals surface area contributed by atoms with Gasteiger partial charge in [-0.1, -0.05) is 20.8 Å².